The Hall–Kier alpha value is -3.49. The Balaban J connectivity index is 1.61. The number of non-ortho nitro benzene ring substituents is 1. The van der Waals surface area contributed by atoms with Crippen LogP contribution in [0.2, 0.25) is 5.02 Å². The molecule has 2 aromatic carbocycles. The number of nitrogen functional groups attached to an aromatic ring is 1. The number of hydrogen-bond donors (Lipinski definition) is 2. The highest BCUT2D eigenvalue weighted by Gasteiger charge is 2.27. The second kappa shape index (κ2) is 7.89. The number of nitro benzene ring substituents is 1. The Morgan fingerprint density at radius 3 is 2.62 bits per heavy atom. The van der Waals surface area contributed by atoms with Gasteiger partial charge in [0.2, 0.25) is 0 Å². The van der Waals surface area contributed by atoms with Crippen LogP contribution in [0.1, 0.15) is 27.3 Å². The van der Waals surface area contributed by atoms with Crippen LogP contribution in [-0.4, -0.2) is 15.8 Å². The molecule has 32 heavy (non-hydrogen) atoms. The summed E-state index contributed by atoms with van der Waals surface area (Å²) in [6, 6.07) is 13.3. The van der Waals surface area contributed by atoms with Gasteiger partial charge in [0, 0.05) is 45.0 Å². The molecule has 2 aromatic heterocycles. The number of fused-ring (bicyclic) bond motifs is 2. The van der Waals surface area contributed by atoms with Crippen molar-refractivity contribution in [2.75, 3.05) is 11.1 Å². The minimum atomic E-state index is -0.489. The van der Waals surface area contributed by atoms with E-state index >= 15 is 0 Å². The number of nitrogens with two attached hydrogens (primary N) is 1. The zero-order valence-electron chi connectivity index (χ0n) is 16.7. The molecule has 0 fully saturated rings. The highest BCUT2D eigenvalue weighted by atomic mass is 35.5. The van der Waals surface area contributed by atoms with E-state index in [4.69, 9.17) is 22.3 Å². The van der Waals surface area contributed by atoms with Crippen molar-refractivity contribution in [3.05, 3.63) is 79.8 Å². The molecular formula is C23H17ClN4O3S. The summed E-state index contributed by atoms with van der Waals surface area (Å²) in [6.07, 6.45) is 2.79. The quantitative estimate of drug-likeness (QED) is 0.290. The van der Waals surface area contributed by atoms with Crippen molar-refractivity contribution in [2.24, 2.45) is 0 Å². The molecule has 0 saturated heterocycles. The van der Waals surface area contributed by atoms with Gasteiger partial charge in [-0.3, -0.25) is 14.9 Å². The van der Waals surface area contributed by atoms with Gasteiger partial charge in [-0.1, -0.05) is 29.8 Å². The molecule has 2 heterocycles. The number of anilines is 2. The number of amides is 1. The third kappa shape index (κ3) is 3.37. The number of nitrogens with one attached hydrogen (secondary N) is 1. The van der Waals surface area contributed by atoms with Gasteiger partial charge >= 0.3 is 0 Å². The molecule has 160 valence electrons. The van der Waals surface area contributed by atoms with Gasteiger partial charge in [-0.2, -0.15) is 0 Å². The first-order valence-electron chi connectivity index (χ1n) is 9.98. The molecule has 0 aliphatic heterocycles. The first kappa shape index (κ1) is 20.4. The molecule has 0 saturated carbocycles. The number of hydrogen-bond acceptors (Lipinski definition) is 6. The van der Waals surface area contributed by atoms with Crippen LogP contribution in [0, 0.1) is 10.1 Å². The Morgan fingerprint density at radius 1 is 1.16 bits per heavy atom. The lowest BCUT2D eigenvalue weighted by molar-refractivity contribution is -0.384. The maximum Gasteiger partial charge on any atom is 0.269 e. The van der Waals surface area contributed by atoms with Crippen molar-refractivity contribution in [3.63, 3.8) is 0 Å². The van der Waals surface area contributed by atoms with Crippen molar-refractivity contribution < 1.29 is 9.72 Å². The SMILES string of the molecule is Nc1c(C(=O)Nc2ccc([N+](=O)[O-])cc2)sc2nc3c(c(-c4ccccc4Cl)c12)CCC3. The number of aryl methyl sites for hydroxylation is 1. The lowest BCUT2D eigenvalue weighted by atomic mass is 9.96. The third-order valence-corrected chi connectivity index (χ3v) is 7.02. The van der Waals surface area contributed by atoms with Crippen molar-refractivity contribution in [1.82, 2.24) is 4.98 Å². The van der Waals surface area contributed by atoms with Crippen LogP contribution in [0.5, 0.6) is 0 Å². The number of halogens is 1. The molecule has 0 atom stereocenters. The fourth-order valence-corrected chi connectivity index (χ4v) is 5.38. The zero-order valence-corrected chi connectivity index (χ0v) is 18.3. The number of rotatable bonds is 4. The van der Waals surface area contributed by atoms with E-state index in [1.54, 1.807) is 0 Å². The third-order valence-electron chi connectivity index (χ3n) is 5.59. The van der Waals surface area contributed by atoms with Gasteiger partial charge in [-0.15, -0.1) is 11.3 Å². The molecule has 0 radical (unpaired) electrons. The highest BCUT2D eigenvalue weighted by Crippen LogP contribution is 2.45. The average molecular weight is 465 g/mol. The number of benzene rings is 2. The van der Waals surface area contributed by atoms with Crippen LogP contribution in [-0.2, 0) is 12.8 Å². The summed E-state index contributed by atoms with van der Waals surface area (Å²) in [5.41, 5.74) is 11.3. The summed E-state index contributed by atoms with van der Waals surface area (Å²) in [5.74, 6) is -0.385. The highest BCUT2D eigenvalue weighted by molar-refractivity contribution is 7.21. The molecule has 4 aromatic rings. The summed E-state index contributed by atoms with van der Waals surface area (Å²) >= 11 is 7.78. The Bertz CT molecular complexity index is 1400. The summed E-state index contributed by atoms with van der Waals surface area (Å²) in [7, 11) is 0. The largest absolute Gasteiger partial charge is 0.397 e. The second-order valence-corrected chi connectivity index (χ2v) is 8.93. The molecule has 9 heteroatoms. The number of carbonyl (C=O) groups is 1. The topological polar surface area (TPSA) is 111 Å². The van der Waals surface area contributed by atoms with E-state index < -0.39 is 4.92 Å². The molecule has 7 nitrogen and oxygen atoms in total. The van der Waals surface area contributed by atoms with Gasteiger partial charge in [0.1, 0.15) is 9.71 Å². The Labute approximate surface area is 192 Å². The number of nitrogens with zero attached hydrogens (tertiary/aromatic N) is 2. The van der Waals surface area contributed by atoms with Gasteiger partial charge in [0.05, 0.1) is 10.6 Å². The van der Waals surface area contributed by atoms with Gasteiger partial charge < -0.3 is 11.1 Å². The number of thiophene rings is 1. The Kier molecular flexibility index (Phi) is 5.03. The van der Waals surface area contributed by atoms with E-state index in [0.29, 0.717) is 26.1 Å². The number of aromatic nitrogens is 1. The van der Waals surface area contributed by atoms with Crippen LogP contribution in [0.3, 0.4) is 0 Å². The molecular weight excluding hydrogens is 448 g/mol. The maximum absolute atomic E-state index is 13.0. The first-order chi connectivity index (χ1) is 15.4. The number of nitro groups is 1. The summed E-state index contributed by atoms with van der Waals surface area (Å²) in [5, 5.41) is 15.0. The summed E-state index contributed by atoms with van der Waals surface area (Å²) in [4.78, 5) is 29.2. The minimum Gasteiger partial charge on any atom is -0.397 e. The zero-order chi connectivity index (χ0) is 22.4. The van der Waals surface area contributed by atoms with Crippen LogP contribution < -0.4 is 11.1 Å². The molecule has 3 N–H and O–H groups in total. The number of carbonyl (C=O) groups excluding carboxylic acids is 1. The summed E-state index contributed by atoms with van der Waals surface area (Å²) in [6.45, 7) is 0. The van der Waals surface area contributed by atoms with Gasteiger partial charge in [0.25, 0.3) is 11.6 Å². The molecule has 0 spiro atoms. The van der Waals surface area contributed by atoms with E-state index in [9.17, 15) is 14.9 Å². The smallest absolute Gasteiger partial charge is 0.269 e. The van der Waals surface area contributed by atoms with E-state index in [0.717, 1.165) is 47.0 Å². The van der Waals surface area contributed by atoms with Gasteiger partial charge in [-0.05, 0) is 43.0 Å². The normalized spacial score (nSPS) is 12.7. The molecule has 1 aliphatic carbocycles. The van der Waals surface area contributed by atoms with Crippen molar-refractivity contribution in [1.29, 1.82) is 0 Å². The lowest BCUT2D eigenvalue weighted by Crippen LogP contribution is -2.12. The standard InChI is InChI=1S/C23H17ClN4O3S/c24-16-6-2-1-4-14(16)18-15-5-3-7-17(15)27-23-19(18)20(25)21(32-23)22(29)26-12-8-10-13(11-9-12)28(30)31/h1-2,4,6,8-11H,3,5,7,25H2,(H,26,29). The fraction of sp³-hybridized carbons (Fsp3) is 0.130. The molecule has 0 unspecified atom stereocenters. The van der Waals surface area contributed by atoms with Gasteiger partial charge in [-0.25, -0.2) is 4.98 Å². The van der Waals surface area contributed by atoms with Crippen LogP contribution >= 0.6 is 22.9 Å². The monoisotopic (exact) mass is 464 g/mol. The fourth-order valence-electron chi connectivity index (χ4n) is 4.13. The van der Waals surface area contributed by atoms with Crippen LogP contribution in [0.15, 0.2) is 48.5 Å². The van der Waals surface area contributed by atoms with E-state index in [2.05, 4.69) is 5.32 Å². The van der Waals surface area contributed by atoms with Crippen molar-refractivity contribution >= 4 is 56.1 Å². The molecule has 1 aliphatic rings. The van der Waals surface area contributed by atoms with E-state index in [-0.39, 0.29) is 11.6 Å². The van der Waals surface area contributed by atoms with Crippen molar-refractivity contribution in [2.45, 2.75) is 19.3 Å². The minimum absolute atomic E-state index is 0.0486. The van der Waals surface area contributed by atoms with Crippen LogP contribution in [0.25, 0.3) is 21.3 Å². The summed E-state index contributed by atoms with van der Waals surface area (Å²) < 4.78 is 0. The predicted molar refractivity (Wildman–Crippen MR) is 128 cm³/mol. The van der Waals surface area contributed by atoms with Crippen LogP contribution in [0.4, 0.5) is 17.1 Å². The maximum atomic E-state index is 13.0. The number of pyridine rings is 1. The predicted octanol–water partition coefficient (Wildman–Crippen LogP) is 5.85. The van der Waals surface area contributed by atoms with E-state index in [1.807, 2.05) is 24.3 Å². The lowest BCUT2D eigenvalue weighted by Gasteiger charge is -2.13. The van der Waals surface area contributed by atoms with E-state index in [1.165, 1.54) is 35.6 Å². The first-order valence-corrected chi connectivity index (χ1v) is 11.2. The second-order valence-electron chi connectivity index (χ2n) is 7.53. The molecule has 1 amide bonds. The average Bonchev–Trinajstić information content (AvgIpc) is 3.37. The van der Waals surface area contributed by atoms with Gasteiger partial charge in [0.15, 0.2) is 0 Å². The van der Waals surface area contributed by atoms with Crippen molar-refractivity contribution in [3.8, 4) is 11.1 Å². The molecule has 5 rings (SSSR count). The molecule has 0 bridgehead atoms. The Morgan fingerprint density at radius 2 is 1.91 bits per heavy atom.